The Morgan fingerprint density at radius 3 is 3.11 bits per heavy atom. The molecular formula is C12H12N4O3. The first-order valence-corrected chi connectivity index (χ1v) is 5.85. The highest BCUT2D eigenvalue weighted by Gasteiger charge is 2.13. The molecule has 0 atom stereocenters. The number of ether oxygens (including phenoxy) is 2. The van der Waals surface area contributed by atoms with Gasteiger partial charge >= 0.3 is 0 Å². The molecule has 2 aromatic rings. The molecule has 19 heavy (non-hydrogen) atoms. The molecule has 1 aromatic heterocycles. The number of nitrogens with one attached hydrogen (secondary N) is 2. The third-order valence-electron chi connectivity index (χ3n) is 2.75. The summed E-state index contributed by atoms with van der Waals surface area (Å²) in [6.07, 6.45) is 2.32. The standard InChI is InChI=1S/C12H12N4O3/c17-11(15-12-13-6-14-16-12)4-2-8-1-3-9-10(5-8)19-7-18-9/h1,3,5-6H,2,4,7H2,(H2,13,14,15,16,17). The van der Waals surface area contributed by atoms with Crippen LogP contribution < -0.4 is 14.8 Å². The number of anilines is 1. The molecule has 1 amide bonds. The fourth-order valence-corrected chi connectivity index (χ4v) is 1.81. The molecule has 7 heteroatoms. The van der Waals surface area contributed by atoms with Crippen LogP contribution in [0.3, 0.4) is 0 Å². The van der Waals surface area contributed by atoms with E-state index in [0.29, 0.717) is 18.8 Å². The third kappa shape index (κ3) is 2.65. The molecule has 2 heterocycles. The fourth-order valence-electron chi connectivity index (χ4n) is 1.81. The number of carbonyl (C=O) groups is 1. The van der Waals surface area contributed by atoms with Crippen molar-refractivity contribution in [2.45, 2.75) is 12.8 Å². The van der Waals surface area contributed by atoms with Crippen molar-refractivity contribution < 1.29 is 14.3 Å². The highest BCUT2D eigenvalue weighted by atomic mass is 16.7. The smallest absolute Gasteiger partial charge is 0.231 e. The maximum absolute atomic E-state index is 11.7. The van der Waals surface area contributed by atoms with Crippen molar-refractivity contribution in [3.63, 3.8) is 0 Å². The van der Waals surface area contributed by atoms with Gasteiger partial charge in [0.1, 0.15) is 6.33 Å². The molecule has 1 aliphatic rings. The van der Waals surface area contributed by atoms with Crippen molar-refractivity contribution in [1.29, 1.82) is 0 Å². The van der Waals surface area contributed by atoms with Gasteiger partial charge in [0.25, 0.3) is 0 Å². The summed E-state index contributed by atoms with van der Waals surface area (Å²) in [6.45, 7) is 0.255. The van der Waals surface area contributed by atoms with E-state index in [1.54, 1.807) is 0 Å². The molecule has 0 saturated carbocycles. The Morgan fingerprint density at radius 2 is 2.26 bits per heavy atom. The number of aromatic nitrogens is 3. The first-order chi connectivity index (χ1) is 9.31. The van der Waals surface area contributed by atoms with Gasteiger partial charge in [-0.25, -0.2) is 5.10 Å². The summed E-state index contributed by atoms with van der Waals surface area (Å²) in [6, 6.07) is 5.67. The number of benzene rings is 1. The molecule has 1 aliphatic heterocycles. The Labute approximate surface area is 108 Å². The van der Waals surface area contributed by atoms with Crippen molar-refractivity contribution in [3.05, 3.63) is 30.1 Å². The van der Waals surface area contributed by atoms with Crippen LogP contribution in [0.1, 0.15) is 12.0 Å². The van der Waals surface area contributed by atoms with Crippen molar-refractivity contribution >= 4 is 11.9 Å². The number of hydrogen-bond acceptors (Lipinski definition) is 5. The molecule has 0 spiro atoms. The van der Waals surface area contributed by atoms with E-state index in [1.807, 2.05) is 18.2 Å². The van der Waals surface area contributed by atoms with Crippen LogP contribution in [0.15, 0.2) is 24.5 Å². The predicted molar refractivity (Wildman–Crippen MR) is 65.9 cm³/mol. The second kappa shape index (κ2) is 4.97. The lowest BCUT2D eigenvalue weighted by Gasteiger charge is -2.03. The molecule has 0 saturated heterocycles. The Hall–Kier alpha value is -2.57. The molecule has 0 bridgehead atoms. The van der Waals surface area contributed by atoms with E-state index in [-0.39, 0.29) is 12.7 Å². The molecule has 0 aliphatic carbocycles. The fraction of sp³-hybridized carbons (Fsp3) is 0.250. The maximum Gasteiger partial charge on any atom is 0.231 e. The van der Waals surface area contributed by atoms with Crippen molar-refractivity contribution in [3.8, 4) is 11.5 Å². The summed E-state index contributed by atoms with van der Waals surface area (Å²) in [5.41, 5.74) is 1.02. The predicted octanol–water partition coefficient (Wildman–Crippen LogP) is 1.10. The molecule has 7 nitrogen and oxygen atoms in total. The van der Waals surface area contributed by atoms with E-state index in [4.69, 9.17) is 9.47 Å². The van der Waals surface area contributed by atoms with Crippen LogP contribution in [0.5, 0.6) is 11.5 Å². The number of rotatable bonds is 4. The first-order valence-electron chi connectivity index (χ1n) is 5.85. The Balaban J connectivity index is 1.56. The van der Waals surface area contributed by atoms with Gasteiger partial charge < -0.3 is 9.47 Å². The number of hydrogen-bond donors (Lipinski definition) is 2. The van der Waals surface area contributed by atoms with Gasteiger partial charge in [-0.2, -0.15) is 10.1 Å². The van der Waals surface area contributed by atoms with Crippen LogP contribution in [0, 0.1) is 0 Å². The second-order valence-corrected chi connectivity index (χ2v) is 4.07. The number of carbonyl (C=O) groups excluding carboxylic acids is 1. The van der Waals surface area contributed by atoms with Crippen LogP contribution in [0.4, 0.5) is 5.95 Å². The van der Waals surface area contributed by atoms with Crippen LogP contribution >= 0.6 is 0 Å². The van der Waals surface area contributed by atoms with Crippen LogP contribution in [-0.4, -0.2) is 27.9 Å². The molecule has 0 fully saturated rings. The summed E-state index contributed by atoms with van der Waals surface area (Å²) in [5, 5.41) is 8.84. The van der Waals surface area contributed by atoms with Gasteiger partial charge in [0.05, 0.1) is 0 Å². The van der Waals surface area contributed by atoms with Gasteiger partial charge in [-0.05, 0) is 24.1 Å². The zero-order valence-electron chi connectivity index (χ0n) is 10.0. The Morgan fingerprint density at radius 1 is 1.37 bits per heavy atom. The van der Waals surface area contributed by atoms with Gasteiger partial charge in [0.2, 0.25) is 18.6 Å². The van der Waals surface area contributed by atoms with Crippen LogP contribution in [-0.2, 0) is 11.2 Å². The van der Waals surface area contributed by atoms with E-state index >= 15 is 0 Å². The number of aromatic amines is 1. The Bertz CT molecular complexity index is 583. The quantitative estimate of drug-likeness (QED) is 0.859. The lowest BCUT2D eigenvalue weighted by Crippen LogP contribution is -2.13. The largest absolute Gasteiger partial charge is 0.454 e. The number of nitrogens with zero attached hydrogens (tertiary/aromatic N) is 2. The molecular weight excluding hydrogens is 248 g/mol. The summed E-state index contributed by atoms with van der Waals surface area (Å²) < 4.78 is 10.5. The average Bonchev–Trinajstić information content (AvgIpc) is 3.06. The van der Waals surface area contributed by atoms with Crippen LogP contribution in [0.2, 0.25) is 0 Å². The molecule has 2 N–H and O–H groups in total. The minimum atomic E-state index is -0.116. The summed E-state index contributed by atoms with van der Waals surface area (Å²) in [4.78, 5) is 15.5. The lowest BCUT2D eigenvalue weighted by molar-refractivity contribution is -0.116. The summed E-state index contributed by atoms with van der Waals surface area (Å²) in [5.74, 6) is 1.72. The van der Waals surface area contributed by atoms with Crippen LogP contribution in [0.25, 0.3) is 0 Å². The topological polar surface area (TPSA) is 89.1 Å². The van der Waals surface area contributed by atoms with Crippen molar-refractivity contribution in [2.75, 3.05) is 12.1 Å². The van der Waals surface area contributed by atoms with Gasteiger partial charge in [0.15, 0.2) is 11.5 Å². The number of amides is 1. The van der Waals surface area contributed by atoms with Gasteiger partial charge in [-0.15, -0.1) is 0 Å². The van der Waals surface area contributed by atoms with Gasteiger partial charge in [-0.3, -0.25) is 10.1 Å². The summed E-state index contributed by atoms with van der Waals surface area (Å²) in [7, 11) is 0. The monoisotopic (exact) mass is 260 g/mol. The molecule has 3 rings (SSSR count). The summed E-state index contributed by atoms with van der Waals surface area (Å²) >= 11 is 0. The number of fused-ring (bicyclic) bond motifs is 1. The molecule has 0 unspecified atom stereocenters. The lowest BCUT2D eigenvalue weighted by atomic mass is 10.1. The van der Waals surface area contributed by atoms with Gasteiger partial charge in [0, 0.05) is 6.42 Å². The highest BCUT2D eigenvalue weighted by Crippen LogP contribution is 2.32. The first kappa shape index (κ1) is 11.5. The Kier molecular flexibility index (Phi) is 3.01. The van der Waals surface area contributed by atoms with E-state index in [1.165, 1.54) is 6.33 Å². The number of aryl methyl sites for hydroxylation is 1. The maximum atomic E-state index is 11.7. The van der Waals surface area contributed by atoms with Crippen molar-refractivity contribution in [1.82, 2.24) is 15.2 Å². The van der Waals surface area contributed by atoms with E-state index in [0.717, 1.165) is 17.1 Å². The van der Waals surface area contributed by atoms with E-state index in [2.05, 4.69) is 20.5 Å². The second-order valence-electron chi connectivity index (χ2n) is 4.07. The average molecular weight is 260 g/mol. The van der Waals surface area contributed by atoms with Crippen molar-refractivity contribution in [2.24, 2.45) is 0 Å². The minimum Gasteiger partial charge on any atom is -0.454 e. The zero-order chi connectivity index (χ0) is 13.1. The normalized spacial score (nSPS) is 12.4. The molecule has 98 valence electrons. The van der Waals surface area contributed by atoms with E-state index < -0.39 is 0 Å². The number of H-pyrrole nitrogens is 1. The molecule has 0 radical (unpaired) electrons. The highest BCUT2D eigenvalue weighted by molar-refractivity contribution is 5.88. The zero-order valence-corrected chi connectivity index (χ0v) is 10.0. The third-order valence-corrected chi connectivity index (χ3v) is 2.75. The van der Waals surface area contributed by atoms with Gasteiger partial charge in [-0.1, -0.05) is 6.07 Å². The van der Waals surface area contributed by atoms with E-state index in [9.17, 15) is 4.79 Å². The SMILES string of the molecule is O=C(CCc1ccc2c(c1)OCO2)Nc1ncn[nH]1. The molecule has 1 aromatic carbocycles. The minimum absolute atomic E-state index is 0.116.